The van der Waals surface area contributed by atoms with E-state index in [0.29, 0.717) is 12.0 Å². The third-order valence-corrected chi connectivity index (χ3v) is 4.20. The van der Waals surface area contributed by atoms with Crippen molar-refractivity contribution in [3.63, 3.8) is 0 Å². The molecule has 1 rings (SSSR count). The van der Waals surface area contributed by atoms with Gasteiger partial charge in [-0.05, 0) is 51.3 Å². The Morgan fingerprint density at radius 3 is 2.12 bits per heavy atom. The first-order chi connectivity index (χ1) is 16.2. The van der Waals surface area contributed by atoms with Crippen LogP contribution in [0.4, 0.5) is 9.59 Å². The minimum Gasteiger partial charge on any atom is -0.461 e. The lowest BCUT2D eigenvalue weighted by Crippen LogP contribution is -2.36. The fourth-order valence-corrected chi connectivity index (χ4v) is 2.60. The maximum Gasteiger partial charge on any atom is 0.513 e. The zero-order valence-electron chi connectivity index (χ0n) is 20.0. The summed E-state index contributed by atoms with van der Waals surface area (Å²) in [6.07, 6.45) is -0.655. The Balaban J connectivity index is 2.76. The molecule has 2 N–H and O–H groups in total. The van der Waals surface area contributed by atoms with Gasteiger partial charge in [-0.25, -0.2) is 9.59 Å². The van der Waals surface area contributed by atoms with Crippen LogP contribution in [0.5, 0.6) is 11.5 Å². The quantitative estimate of drug-likeness (QED) is 0.250. The van der Waals surface area contributed by atoms with Gasteiger partial charge in [0.2, 0.25) is 0 Å². The lowest BCUT2D eigenvalue weighted by atomic mass is 10.1. The van der Waals surface area contributed by atoms with E-state index in [1.165, 1.54) is 18.2 Å². The molecule has 2 atom stereocenters. The van der Waals surface area contributed by atoms with Gasteiger partial charge in [0.05, 0.1) is 13.2 Å². The van der Waals surface area contributed by atoms with Crippen molar-refractivity contribution in [3.8, 4) is 11.5 Å². The summed E-state index contributed by atoms with van der Waals surface area (Å²) in [4.78, 5) is 47.3. The van der Waals surface area contributed by atoms with Crippen LogP contribution in [0.3, 0.4) is 0 Å². The molecule has 190 valence electrons. The normalized spacial score (nSPS) is 12.1. The molecule has 0 unspecified atom stereocenters. The lowest BCUT2D eigenvalue weighted by Gasteiger charge is -2.16. The van der Waals surface area contributed by atoms with Crippen molar-refractivity contribution in [1.29, 1.82) is 0 Å². The van der Waals surface area contributed by atoms with Gasteiger partial charge in [-0.1, -0.05) is 19.4 Å². The van der Waals surface area contributed by atoms with Crippen LogP contribution in [-0.4, -0.2) is 56.2 Å². The molecule has 0 aliphatic heterocycles. The molecule has 0 aromatic heterocycles. The zero-order chi connectivity index (χ0) is 25.5. The molecule has 1 aromatic carbocycles. The Bertz CT molecular complexity index is 826. The lowest BCUT2D eigenvalue weighted by molar-refractivity contribution is -0.158. The zero-order valence-corrected chi connectivity index (χ0v) is 20.0. The summed E-state index contributed by atoms with van der Waals surface area (Å²) >= 11 is 0. The van der Waals surface area contributed by atoms with Crippen LogP contribution in [0.15, 0.2) is 18.2 Å². The summed E-state index contributed by atoms with van der Waals surface area (Å²) in [5.74, 6) is -1.24. The molecule has 34 heavy (non-hydrogen) atoms. The van der Waals surface area contributed by atoms with Crippen LogP contribution in [0.1, 0.15) is 52.5 Å². The Kier molecular flexibility index (Phi) is 13.1. The van der Waals surface area contributed by atoms with E-state index in [2.05, 4.69) is 0 Å². The predicted molar refractivity (Wildman–Crippen MR) is 119 cm³/mol. The first-order valence-electron chi connectivity index (χ1n) is 11.1. The molecule has 0 radical (unpaired) electrons. The summed E-state index contributed by atoms with van der Waals surface area (Å²) in [6.45, 7) is 6.84. The molecule has 1 aromatic rings. The summed E-state index contributed by atoms with van der Waals surface area (Å²) < 4.78 is 29.9. The van der Waals surface area contributed by atoms with E-state index in [9.17, 15) is 19.2 Å². The molecular weight excluding hydrogens is 450 g/mol. The van der Waals surface area contributed by atoms with Crippen LogP contribution in [0.25, 0.3) is 0 Å². The van der Waals surface area contributed by atoms with Gasteiger partial charge in [0.25, 0.3) is 0 Å². The highest BCUT2D eigenvalue weighted by Gasteiger charge is 2.21. The van der Waals surface area contributed by atoms with E-state index in [4.69, 9.17) is 34.2 Å². The largest absolute Gasteiger partial charge is 0.513 e. The second-order valence-electron chi connectivity index (χ2n) is 7.20. The summed E-state index contributed by atoms with van der Waals surface area (Å²) in [5, 5.41) is 0. The van der Waals surface area contributed by atoms with Crippen molar-refractivity contribution in [2.24, 2.45) is 5.73 Å². The second kappa shape index (κ2) is 15.5. The van der Waals surface area contributed by atoms with Crippen LogP contribution in [0, 0.1) is 0 Å². The van der Waals surface area contributed by atoms with Crippen LogP contribution in [0.2, 0.25) is 0 Å². The Morgan fingerprint density at radius 2 is 1.53 bits per heavy atom. The SMILES string of the molecule is CCCCC(=O)O[C@@H](C)COC(=O)[C@@H](N)Cc1ccc(OC(=O)OCC)c(OC(=O)OCC)c1. The number of hydrogen-bond donors (Lipinski definition) is 1. The highest BCUT2D eigenvalue weighted by atomic mass is 16.7. The monoisotopic (exact) mass is 483 g/mol. The van der Waals surface area contributed by atoms with E-state index in [1.807, 2.05) is 6.92 Å². The molecule has 11 heteroatoms. The Hall–Kier alpha value is -3.34. The van der Waals surface area contributed by atoms with Crippen molar-refractivity contribution in [2.75, 3.05) is 19.8 Å². The number of esters is 2. The fourth-order valence-electron chi connectivity index (χ4n) is 2.60. The fraction of sp³-hybridized carbons (Fsp3) is 0.565. The van der Waals surface area contributed by atoms with Crippen molar-refractivity contribution >= 4 is 24.2 Å². The molecule has 0 bridgehead atoms. The van der Waals surface area contributed by atoms with Crippen molar-refractivity contribution < 1.29 is 47.6 Å². The number of benzene rings is 1. The first kappa shape index (κ1) is 28.7. The number of rotatable bonds is 13. The van der Waals surface area contributed by atoms with E-state index in [1.54, 1.807) is 20.8 Å². The predicted octanol–water partition coefficient (Wildman–Crippen LogP) is 3.29. The average Bonchev–Trinajstić information content (AvgIpc) is 2.78. The minimum atomic E-state index is -1.05. The van der Waals surface area contributed by atoms with Gasteiger partial charge in [0, 0.05) is 6.42 Å². The first-order valence-corrected chi connectivity index (χ1v) is 11.1. The highest BCUT2D eigenvalue weighted by Crippen LogP contribution is 2.30. The third kappa shape index (κ3) is 11.0. The van der Waals surface area contributed by atoms with Crippen LogP contribution >= 0.6 is 0 Å². The van der Waals surface area contributed by atoms with Crippen molar-refractivity contribution in [2.45, 2.75) is 65.5 Å². The topological polar surface area (TPSA) is 150 Å². The van der Waals surface area contributed by atoms with E-state index in [-0.39, 0.29) is 43.7 Å². The number of carbonyl (C=O) groups excluding carboxylic acids is 4. The molecule has 0 heterocycles. The van der Waals surface area contributed by atoms with Gasteiger partial charge in [0.1, 0.15) is 18.8 Å². The smallest absolute Gasteiger partial charge is 0.461 e. The third-order valence-electron chi connectivity index (χ3n) is 4.20. The maximum absolute atomic E-state index is 12.3. The summed E-state index contributed by atoms with van der Waals surface area (Å²) in [6, 6.07) is 3.25. The average molecular weight is 484 g/mol. The second-order valence-corrected chi connectivity index (χ2v) is 7.20. The Labute approximate surface area is 198 Å². The molecule has 0 fully saturated rings. The van der Waals surface area contributed by atoms with E-state index < -0.39 is 30.4 Å². The molecule has 0 amide bonds. The van der Waals surface area contributed by atoms with Gasteiger partial charge in [-0.15, -0.1) is 0 Å². The molecular formula is C23H33NO10. The summed E-state index contributed by atoms with van der Waals surface area (Å²) in [5.41, 5.74) is 6.44. The number of ether oxygens (including phenoxy) is 6. The van der Waals surface area contributed by atoms with Crippen molar-refractivity contribution in [3.05, 3.63) is 23.8 Å². The summed E-state index contributed by atoms with van der Waals surface area (Å²) in [7, 11) is 0. The number of unbranched alkanes of at least 4 members (excludes halogenated alkanes) is 1. The number of nitrogens with two attached hydrogens (primary N) is 1. The molecule has 11 nitrogen and oxygen atoms in total. The van der Waals surface area contributed by atoms with Gasteiger partial charge in [-0.2, -0.15) is 0 Å². The van der Waals surface area contributed by atoms with Gasteiger partial charge in [-0.3, -0.25) is 9.59 Å². The molecule has 0 spiro atoms. The van der Waals surface area contributed by atoms with Gasteiger partial charge >= 0.3 is 24.2 Å². The van der Waals surface area contributed by atoms with E-state index in [0.717, 1.165) is 12.8 Å². The van der Waals surface area contributed by atoms with Crippen molar-refractivity contribution in [1.82, 2.24) is 0 Å². The number of carbonyl (C=O) groups is 4. The standard InChI is InChI=1S/C23H33NO10/c1-5-8-9-20(25)32-15(4)14-31-21(26)17(24)12-16-10-11-18(33-22(27)29-6-2)19(13-16)34-23(28)30-7-3/h10-11,13,15,17H,5-9,12,14,24H2,1-4H3/t15-,17-/m0/s1. The van der Waals surface area contributed by atoms with Gasteiger partial charge < -0.3 is 34.2 Å². The molecule has 0 saturated carbocycles. The van der Waals surface area contributed by atoms with E-state index >= 15 is 0 Å². The Morgan fingerprint density at radius 1 is 0.912 bits per heavy atom. The van der Waals surface area contributed by atoms with Crippen LogP contribution in [-0.2, 0) is 35.0 Å². The minimum absolute atomic E-state index is 0.0301. The maximum atomic E-state index is 12.3. The number of hydrogen-bond acceptors (Lipinski definition) is 11. The highest BCUT2D eigenvalue weighted by molar-refractivity contribution is 5.76. The molecule has 0 aliphatic rings. The molecule has 0 aliphatic carbocycles. The van der Waals surface area contributed by atoms with Gasteiger partial charge in [0.15, 0.2) is 11.5 Å². The van der Waals surface area contributed by atoms with Crippen LogP contribution < -0.4 is 15.2 Å². The molecule has 0 saturated heterocycles.